The standard InChI is InChI=1S/C15H16N2O/c18-15(10-5-2-6-11-15)14-9-12-16-17(14)13-7-3-1-4-8-13/h1,3-5,7-10,12,18H,2,6,11H2. The molecule has 1 aromatic heterocycles. The second kappa shape index (κ2) is 4.42. The van der Waals surface area contributed by atoms with Crippen LogP contribution in [-0.4, -0.2) is 14.9 Å². The molecule has 0 saturated carbocycles. The van der Waals surface area contributed by atoms with E-state index in [4.69, 9.17) is 0 Å². The van der Waals surface area contributed by atoms with Crippen LogP contribution >= 0.6 is 0 Å². The van der Waals surface area contributed by atoms with Crippen LogP contribution in [0, 0.1) is 0 Å². The minimum absolute atomic E-state index is 0.752. The maximum absolute atomic E-state index is 10.7. The molecule has 3 rings (SSSR count). The summed E-state index contributed by atoms with van der Waals surface area (Å²) in [5.41, 5.74) is 0.930. The van der Waals surface area contributed by atoms with E-state index in [1.54, 1.807) is 6.20 Å². The molecule has 2 aromatic rings. The first-order chi connectivity index (χ1) is 8.80. The number of para-hydroxylation sites is 1. The molecule has 0 spiro atoms. The zero-order chi connectivity index (χ0) is 12.4. The van der Waals surface area contributed by atoms with Crippen molar-refractivity contribution in [3.63, 3.8) is 0 Å². The number of hydrogen-bond acceptors (Lipinski definition) is 2. The van der Waals surface area contributed by atoms with Crippen molar-refractivity contribution < 1.29 is 5.11 Å². The summed E-state index contributed by atoms with van der Waals surface area (Å²) in [6.07, 6.45) is 8.48. The molecule has 3 heteroatoms. The van der Waals surface area contributed by atoms with Gasteiger partial charge in [0.15, 0.2) is 0 Å². The summed E-state index contributed by atoms with van der Waals surface area (Å²) >= 11 is 0. The predicted molar refractivity (Wildman–Crippen MR) is 70.5 cm³/mol. The molecule has 1 unspecified atom stereocenters. The Morgan fingerprint density at radius 2 is 2.00 bits per heavy atom. The van der Waals surface area contributed by atoms with Crippen molar-refractivity contribution in [2.24, 2.45) is 0 Å². The second-order valence-corrected chi connectivity index (χ2v) is 4.68. The van der Waals surface area contributed by atoms with E-state index in [0.29, 0.717) is 0 Å². The normalized spacial score (nSPS) is 23.2. The Balaban J connectivity index is 2.07. The number of hydrogen-bond donors (Lipinski definition) is 1. The second-order valence-electron chi connectivity index (χ2n) is 4.68. The van der Waals surface area contributed by atoms with Gasteiger partial charge in [-0.15, -0.1) is 0 Å². The Kier molecular flexibility index (Phi) is 2.76. The number of nitrogens with zero attached hydrogens (tertiary/aromatic N) is 2. The van der Waals surface area contributed by atoms with E-state index in [9.17, 15) is 5.11 Å². The van der Waals surface area contributed by atoms with Gasteiger partial charge < -0.3 is 5.11 Å². The molecule has 1 aromatic carbocycles. The van der Waals surface area contributed by atoms with Crippen molar-refractivity contribution >= 4 is 0 Å². The van der Waals surface area contributed by atoms with E-state index in [1.165, 1.54) is 0 Å². The minimum atomic E-state index is -0.884. The van der Waals surface area contributed by atoms with Crippen LogP contribution in [-0.2, 0) is 5.60 Å². The lowest BCUT2D eigenvalue weighted by Crippen LogP contribution is -2.28. The third-order valence-electron chi connectivity index (χ3n) is 3.41. The first-order valence-electron chi connectivity index (χ1n) is 6.30. The van der Waals surface area contributed by atoms with Gasteiger partial charge in [0.05, 0.1) is 11.4 Å². The molecular formula is C15H16N2O. The fourth-order valence-electron chi connectivity index (χ4n) is 2.47. The highest BCUT2D eigenvalue weighted by atomic mass is 16.3. The lowest BCUT2D eigenvalue weighted by molar-refractivity contribution is 0.0655. The molecule has 0 amide bonds. The summed E-state index contributed by atoms with van der Waals surface area (Å²) in [7, 11) is 0. The van der Waals surface area contributed by atoms with E-state index in [1.807, 2.05) is 53.2 Å². The van der Waals surface area contributed by atoms with E-state index >= 15 is 0 Å². The van der Waals surface area contributed by atoms with Crippen molar-refractivity contribution in [1.82, 2.24) is 9.78 Å². The Bertz CT molecular complexity index is 559. The highest BCUT2D eigenvalue weighted by molar-refractivity contribution is 5.35. The number of aliphatic hydroxyl groups is 1. The minimum Gasteiger partial charge on any atom is -0.379 e. The van der Waals surface area contributed by atoms with Crippen LogP contribution in [0.2, 0.25) is 0 Å². The molecule has 1 aliphatic carbocycles. The zero-order valence-electron chi connectivity index (χ0n) is 10.2. The molecule has 0 fully saturated rings. The van der Waals surface area contributed by atoms with E-state index in [-0.39, 0.29) is 0 Å². The number of rotatable bonds is 2. The molecule has 1 N–H and O–H groups in total. The van der Waals surface area contributed by atoms with Crippen LogP contribution in [0.4, 0.5) is 0 Å². The van der Waals surface area contributed by atoms with Gasteiger partial charge in [0.1, 0.15) is 5.60 Å². The van der Waals surface area contributed by atoms with Crippen molar-refractivity contribution in [2.75, 3.05) is 0 Å². The maximum Gasteiger partial charge on any atom is 0.125 e. The monoisotopic (exact) mass is 240 g/mol. The van der Waals surface area contributed by atoms with Crippen molar-refractivity contribution in [1.29, 1.82) is 0 Å². The number of aromatic nitrogens is 2. The fourth-order valence-corrected chi connectivity index (χ4v) is 2.47. The lowest BCUT2D eigenvalue weighted by Gasteiger charge is -2.28. The molecule has 1 heterocycles. The van der Waals surface area contributed by atoms with Crippen molar-refractivity contribution in [2.45, 2.75) is 24.9 Å². The van der Waals surface area contributed by atoms with Gasteiger partial charge in [0, 0.05) is 6.20 Å². The van der Waals surface area contributed by atoms with Crippen molar-refractivity contribution in [3.8, 4) is 5.69 Å². The average Bonchev–Trinajstić information content (AvgIpc) is 2.91. The smallest absolute Gasteiger partial charge is 0.125 e. The van der Waals surface area contributed by atoms with E-state index in [2.05, 4.69) is 5.10 Å². The molecule has 3 nitrogen and oxygen atoms in total. The molecule has 1 atom stereocenters. The maximum atomic E-state index is 10.7. The van der Waals surface area contributed by atoms with Gasteiger partial charge in [-0.2, -0.15) is 5.10 Å². The molecule has 0 radical (unpaired) electrons. The molecule has 0 saturated heterocycles. The third kappa shape index (κ3) is 1.87. The van der Waals surface area contributed by atoms with Gasteiger partial charge in [-0.3, -0.25) is 0 Å². The SMILES string of the molecule is OC1(c2ccnn2-c2ccccc2)C=CCCC1. The van der Waals surface area contributed by atoms with Gasteiger partial charge in [-0.25, -0.2) is 4.68 Å². The highest BCUT2D eigenvalue weighted by Crippen LogP contribution is 2.33. The van der Waals surface area contributed by atoms with E-state index in [0.717, 1.165) is 30.6 Å². The lowest BCUT2D eigenvalue weighted by atomic mass is 9.88. The average molecular weight is 240 g/mol. The zero-order valence-corrected chi connectivity index (χ0v) is 10.2. The van der Waals surface area contributed by atoms with E-state index < -0.39 is 5.60 Å². The van der Waals surface area contributed by atoms with Gasteiger partial charge in [0.2, 0.25) is 0 Å². The van der Waals surface area contributed by atoms with Crippen LogP contribution in [0.25, 0.3) is 5.69 Å². The van der Waals surface area contributed by atoms with Crippen molar-refractivity contribution in [3.05, 3.63) is 60.4 Å². The molecule has 1 aliphatic rings. The summed E-state index contributed by atoms with van der Waals surface area (Å²) in [4.78, 5) is 0. The summed E-state index contributed by atoms with van der Waals surface area (Å²) in [5, 5.41) is 15.1. The van der Waals surface area contributed by atoms with Gasteiger partial charge in [-0.1, -0.05) is 30.4 Å². The molecule has 0 bridgehead atoms. The highest BCUT2D eigenvalue weighted by Gasteiger charge is 2.31. The summed E-state index contributed by atoms with van der Waals surface area (Å²) in [5.74, 6) is 0. The Morgan fingerprint density at radius 1 is 1.17 bits per heavy atom. The Hall–Kier alpha value is -1.87. The van der Waals surface area contributed by atoms with Gasteiger partial charge in [-0.05, 0) is 37.5 Å². The molecule has 92 valence electrons. The number of benzene rings is 1. The van der Waals surface area contributed by atoms with Gasteiger partial charge in [0.25, 0.3) is 0 Å². The largest absolute Gasteiger partial charge is 0.379 e. The molecule has 18 heavy (non-hydrogen) atoms. The first kappa shape index (κ1) is 11.2. The van der Waals surface area contributed by atoms with Crippen LogP contribution in [0.3, 0.4) is 0 Å². The molecule has 0 aliphatic heterocycles. The Morgan fingerprint density at radius 3 is 2.72 bits per heavy atom. The Labute approximate surface area is 106 Å². The van der Waals surface area contributed by atoms with Crippen LogP contribution in [0.1, 0.15) is 25.0 Å². The van der Waals surface area contributed by atoms with Crippen LogP contribution < -0.4 is 0 Å². The predicted octanol–water partition coefficient (Wildman–Crippen LogP) is 2.80. The fraction of sp³-hybridized carbons (Fsp3) is 0.267. The summed E-state index contributed by atoms with van der Waals surface area (Å²) in [6, 6.07) is 11.8. The summed E-state index contributed by atoms with van der Waals surface area (Å²) in [6.45, 7) is 0. The molecular weight excluding hydrogens is 224 g/mol. The first-order valence-corrected chi connectivity index (χ1v) is 6.30. The van der Waals surface area contributed by atoms with Gasteiger partial charge >= 0.3 is 0 Å². The topological polar surface area (TPSA) is 38.1 Å². The summed E-state index contributed by atoms with van der Waals surface area (Å²) < 4.78 is 1.82. The van der Waals surface area contributed by atoms with Crippen LogP contribution in [0.5, 0.6) is 0 Å². The number of allylic oxidation sites excluding steroid dienone is 1. The quantitative estimate of drug-likeness (QED) is 0.820. The third-order valence-corrected chi connectivity index (χ3v) is 3.41. The van der Waals surface area contributed by atoms with Crippen LogP contribution in [0.15, 0.2) is 54.7 Å².